The average Bonchev–Trinajstić information content (AvgIpc) is 3.14. The highest BCUT2D eigenvalue weighted by atomic mass is 35.5. The number of aromatic nitrogens is 2. The molecule has 0 atom stereocenters. The van der Waals surface area contributed by atoms with Gasteiger partial charge in [0.2, 0.25) is 10.0 Å². The fourth-order valence-corrected chi connectivity index (χ4v) is 5.24. The van der Waals surface area contributed by atoms with Gasteiger partial charge in [0.1, 0.15) is 0 Å². The Morgan fingerprint density at radius 2 is 1.73 bits per heavy atom. The van der Waals surface area contributed by atoms with E-state index in [2.05, 4.69) is 39.7 Å². The van der Waals surface area contributed by atoms with Crippen LogP contribution in [0.25, 0.3) is 0 Å². The van der Waals surface area contributed by atoms with Crippen molar-refractivity contribution in [2.45, 2.75) is 51.0 Å². The molecule has 0 radical (unpaired) electrons. The van der Waals surface area contributed by atoms with Gasteiger partial charge in [-0.2, -0.15) is 9.40 Å². The Hall–Kier alpha value is -1.90. The standard InChI is InChI=1S/C21H29ClN4O3S/c1-15(2)19-14-18(23-26(19)21(3,4)5)20(27)24-9-11-25(12-10-24)30(28,29)17-8-6-7-16(22)13-17/h6-8,13-15H,9-12H2,1-5H3. The summed E-state index contributed by atoms with van der Waals surface area (Å²) in [6.07, 6.45) is 0. The summed E-state index contributed by atoms with van der Waals surface area (Å²) < 4.78 is 29.0. The van der Waals surface area contributed by atoms with Crippen LogP contribution in [0.5, 0.6) is 0 Å². The predicted molar refractivity (Wildman–Crippen MR) is 117 cm³/mol. The van der Waals surface area contributed by atoms with E-state index in [4.69, 9.17) is 11.6 Å². The number of hydrogen-bond donors (Lipinski definition) is 0. The topological polar surface area (TPSA) is 75.5 Å². The fourth-order valence-electron chi connectivity index (χ4n) is 3.52. The Labute approximate surface area is 183 Å². The van der Waals surface area contributed by atoms with E-state index >= 15 is 0 Å². The lowest BCUT2D eigenvalue weighted by molar-refractivity contribution is 0.0690. The summed E-state index contributed by atoms with van der Waals surface area (Å²) >= 11 is 5.95. The van der Waals surface area contributed by atoms with Gasteiger partial charge in [0.25, 0.3) is 5.91 Å². The Morgan fingerprint density at radius 1 is 1.10 bits per heavy atom. The van der Waals surface area contributed by atoms with E-state index in [9.17, 15) is 13.2 Å². The number of halogens is 1. The molecule has 0 saturated carbocycles. The quantitative estimate of drug-likeness (QED) is 0.710. The molecule has 2 heterocycles. The zero-order valence-electron chi connectivity index (χ0n) is 18.1. The summed E-state index contributed by atoms with van der Waals surface area (Å²) in [5.41, 5.74) is 1.18. The van der Waals surface area contributed by atoms with E-state index in [-0.39, 0.29) is 35.3 Å². The van der Waals surface area contributed by atoms with E-state index < -0.39 is 10.0 Å². The smallest absolute Gasteiger partial charge is 0.274 e. The predicted octanol–water partition coefficient (Wildman–Crippen LogP) is 3.56. The van der Waals surface area contributed by atoms with Gasteiger partial charge in [-0.15, -0.1) is 0 Å². The summed E-state index contributed by atoms with van der Waals surface area (Å²) in [5.74, 6) is 0.0673. The second kappa shape index (κ2) is 8.32. The van der Waals surface area contributed by atoms with Crippen LogP contribution in [0.1, 0.15) is 56.7 Å². The number of carbonyl (C=O) groups excluding carboxylic acids is 1. The van der Waals surface area contributed by atoms with Crippen molar-refractivity contribution in [3.63, 3.8) is 0 Å². The van der Waals surface area contributed by atoms with Gasteiger partial charge in [0, 0.05) is 36.9 Å². The van der Waals surface area contributed by atoms with Gasteiger partial charge in [-0.05, 0) is 51.0 Å². The van der Waals surface area contributed by atoms with Crippen LogP contribution in [0.2, 0.25) is 5.02 Å². The molecular weight excluding hydrogens is 424 g/mol. The van der Waals surface area contributed by atoms with Crippen LogP contribution in [0, 0.1) is 0 Å². The van der Waals surface area contributed by atoms with Crippen molar-refractivity contribution in [3.8, 4) is 0 Å². The second-order valence-corrected chi connectivity index (χ2v) is 11.2. The van der Waals surface area contributed by atoms with Crippen molar-refractivity contribution < 1.29 is 13.2 Å². The van der Waals surface area contributed by atoms with Crippen LogP contribution < -0.4 is 0 Å². The maximum atomic E-state index is 13.1. The van der Waals surface area contributed by atoms with Crippen LogP contribution in [0.3, 0.4) is 0 Å². The van der Waals surface area contributed by atoms with E-state index in [0.717, 1.165) is 5.69 Å². The molecule has 0 aliphatic carbocycles. The van der Waals surface area contributed by atoms with Crippen molar-refractivity contribution in [2.75, 3.05) is 26.2 Å². The van der Waals surface area contributed by atoms with E-state index in [1.807, 2.05) is 10.7 Å². The van der Waals surface area contributed by atoms with Gasteiger partial charge < -0.3 is 4.90 Å². The SMILES string of the molecule is CC(C)c1cc(C(=O)N2CCN(S(=O)(=O)c3cccc(Cl)c3)CC2)nn1C(C)(C)C. The molecule has 164 valence electrons. The molecule has 0 bridgehead atoms. The zero-order chi connectivity index (χ0) is 22.3. The number of benzene rings is 1. The molecule has 1 aromatic carbocycles. The third kappa shape index (κ3) is 4.55. The van der Waals surface area contributed by atoms with Crippen LogP contribution in [-0.2, 0) is 15.6 Å². The van der Waals surface area contributed by atoms with Crippen LogP contribution in [0.15, 0.2) is 35.2 Å². The molecule has 0 unspecified atom stereocenters. The molecule has 1 aliphatic heterocycles. The first-order chi connectivity index (χ1) is 13.9. The number of piperazine rings is 1. The number of nitrogens with zero attached hydrogens (tertiary/aromatic N) is 4. The molecule has 1 aromatic heterocycles. The Morgan fingerprint density at radius 3 is 2.23 bits per heavy atom. The summed E-state index contributed by atoms with van der Waals surface area (Å²) in [6, 6.07) is 8.09. The van der Waals surface area contributed by atoms with Gasteiger partial charge in [-0.1, -0.05) is 31.5 Å². The molecular formula is C21H29ClN4O3S. The lowest BCUT2D eigenvalue weighted by Gasteiger charge is -2.33. The molecule has 2 aromatic rings. The normalized spacial score (nSPS) is 16.3. The van der Waals surface area contributed by atoms with Crippen molar-refractivity contribution in [1.82, 2.24) is 19.0 Å². The van der Waals surface area contributed by atoms with Gasteiger partial charge in [0.05, 0.1) is 10.4 Å². The third-order valence-electron chi connectivity index (χ3n) is 5.14. The van der Waals surface area contributed by atoms with E-state index in [0.29, 0.717) is 23.8 Å². The molecule has 0 spiro atoms. The molecule has 0 N–H and O–H groups in total. The minimum atomic E-state index is -3.64. The highest BCUT2D eigenvalue weighted by molar-refractivity contribution is 7.89. The van der Waals surface area contributed by atoms with Crippen LogP contribution in [-0.4, -0.2) is 59.5 Å². The summed E-state index contributed by atoms with van der Waals surface area (Å²) in [6.45, 7) is 11.4. The molecule has 1 aliphatic rings. The van der Waals surface area contributed by atoms with Crippen molar-refractivity contribution in [1.29, 1.82) is 0 Å². The molecule has 9 heteroatoms. The van der Waals surface area contributed by atoms with Gasteiger partial charge in [0.15, 0.2) is 5.69 Å². The molecule has 1 fully saturated rings. The first kappa shape index (κ1) is 22.8. The summed E-state index contributed by atoms with van der Waals surface area (Å²) in [7, 11) is -3.64. The second-order valence-electron chi connectivity index (χ2n) is 8.85. The third-order valence-corrected chi connectivity index (χ3v) is 7.27. The van der Waals surface area contributed by atoms with Gasteiger partial charge in [-0.3, -0.25) is 9.48 Å². The minimum Gasteiger partial charge on any atom is -0.335 e. The van der Waals surface area contributed by atoms with Crippen molar-refractivity contribution >= 4 is 27.5 Å². The molecule has 1 amide bonds. The molecule has 3 rings (SSSR count). The summed E-state index contributed by atoms with van der Waals surface area (Å²) in [4.78, 5) is 14.9. The first-order valence-corrected chi connectivity index (χ1v) is 11.9. The van der Waals surface area contributed by atoms with E-state index in [1.54, 1.807) is 17.0 Å². The molecule has 7 nitrogen and oxygen atoms in total. The summed E-state index contributed by atoms with van der Waals surface area (Å²) in [5, 5.41) is 4.96. The molecule has 1 saturated heterocycles. The van der Waals surface area contributed by atoms with Crippen molar-refractivity contribution in [2.24, 2.45) is 0 Å². The highest BCUT2D eigenvalue weighted by Crippen LogP contribution is 2.25. The average molecular weight is 453 g/mol. The van der Waals surface area contributed by atoms with Gasteiger partial charge >= 0.3 is 0 Å². The van der Waals surface area contributed by atoms with Gasteiger partial charge in [-0.25, -0.2) is 8.42 Å². The van der Waals surface area contributed by atoms with Crippen molar-refractivity contribution in [3.05, 3.63) is 46.7 Å². The number of rotatable bonds is 4. The fraction of sp³-hybridized carbons (Fsp3) is 0.524. The first-order valence-electron chi connectivity index (χ1n) is 10.1. The van der Waals surface area contributed by atoms with Crippen LogP contribution >= 0.6 is 11.6 Å². The van der Waals surface area contributed by atoms with E-state index in [1.165, 1.54) is 16.4 Å². The Balaban J connectivity index is 1.75. The largest absolute Gasteiger partial charge is 0.335 e. The number of carbonyl (C=O) groups is 1. The number of sulfonamides is 1. The maximum Gasteiger partial charge on any atom is 0.274 e. The number of amides is 1. The zero-order valence-corrected chi connectivity index (χ0v) is 19.7. The Bertz CT molecular complexity index is 1030. The Kier molecular flexibility index (Phi) is 6.32. The van der Waals surface area contributed by atoms with Crippen LogP contribution in [0.4, 0.5) is 0 Å². The lowest BCUT2D eigenvalue weighted by Crippen LogP contribution is -2.50. The monoisotopic (exact) mass is 452 g/mol. The highest BCUT2D eigenvalue weighted by Gasteiger charge is 2.32. The minimum absolute atomic E-state index is 0.167. The maximum absolute atomic E-state index is 13.1. The molecule has 30 heavy (non-hydrogen) atoms. The number of hydrogen-bond acceptors (Lipinski definition) is 4. The lowest BCUT2D eigenvalue weighted by atomic mass is 10.1.